The minimum Gasteiger partial charge on any atom is -0.274 e. The summed E-state index contributed by atoms with van der Waals surface area (Å²) in [5.41, 5.74) is 3.25. The molecule has 0 amide bonds. The molecular weight excluding hydrogens is 283 g/mol. The van der Waals surface area contributed by atoms with Gasteiger partial charge in [-0.15, -0.1) is 0 Å². The quantitative estimate of drug-likeness (QED) is 0.669. The molecule has 2 aromatic carbocycles. The molecule has 0 bridgehead atoms. The maximum Gasteiger partial charge on any atom is 0.279 e. The highest BCUT2D eigenvalue weighted by Crippen LogP contribution is 2.31. The summed E-state index contributed by atoms with van der Waals surface area (Å²) in [6.45, 7) is 0. The SMILES string of the molecule is Bc1ccc2c(c1)c(=O)n(-c1ccccc1)n2C1CCCCC1. The lowest BCUT2D eigenvalue weighted by Gasteiger charge is -2.26. The van der Waals surface area contributed by atoms with Crippen LogP contribution in [0.4, 0.5) is 0 Å². The van der Waals surface area contributed by atoms with Crippen LogP contribution >= 0.6 is 0 Å². The highest BCUT2D eigenvalue weighted by molar-refractivity contribution is 6.33. The zero-order valence-corrected chi connectivity index (χ0v) is 13.5. The van der Waals surface area contributed by atoms with Gasteiger partial charge in [0.15, 0.2) is 0 Å². The van der Waals surface area contributed by atoms with Crippen molar-refractivity contribution in [2.45, 2.75) is 38.1 Å². The van der Waals surface area contributed by atoms with Crippen LogP contribution in [0.1, 0.15) is 38.1 Å². The van der Waals surface area contributed by atoms with Crippen molar-refractivity contribution in [1.29, 1.82) is 0 Å². The van der Waals surface area contributed by atoms with E-state index in [0.29, 0.717) is 6.04 Å². The van der Waals surface area contributed by atoms with Crippen molar-refractivity contribution >= 4 is 24.2 Å². The van der Waals surface area contributed by atoms with Gasteiger partial charge in [-0.05, 0) is 31.0 Å². The molecule has 1 aromatic heterocycles. The van der Waals surface area contributed by atoms with Crippen LogP contribution in [-0.2, 0) is 0 Å². The molecule has 116 valence electrons. The molecule has 1 fully saturated rings. The van der Waals surface area contributed by atoms with Crippen LogP contribution in [0.15, 0.2) is 53.3 Å². The van der Waals surface area contributed by atoms with Crippen LogP contribution in [0.3, 0.4) is 0 Å². The van der Waals surface area contributed by atoms with Crippen LogP contribution < -0.4 is 11.0 Å². The highest BCUT2D eigenvalue weighted by Gasteiger charge is 2.23. The summed E-state index contributed by atoms with van der Waals surface area (Å²) in [6, 6.07) is 16.7. The molecule has 0 spiro atoms. The minimum absolute atomic E-state index is 0.0977. The molecule has 4 rings (SSSR count). The van der Waals surface area contributed by atoms with Gasteiger partial charge in [-0.25, -0.2) is 4.68 Å². The maximum absolute atomic E-state index is 13.1. The van der Waals surface area contributed by atoms with E-state index in [2.05, 4.69) is 16.8 Å². The van der Waals surface area contributed by atoms with E-state index in [9.17, 15) is 4.79 Å². The van der Waals surface area contributed by atoms with Crippen LogP contribution in [0.2, 0.25) is 0 Å². The van der Waals surface area contributed by atoms with Crippen molar-refractivity contribution in [3.8, 4) is 5.69 Å². The third-order valence-corrected chi connectivity index (χ3v) is 4.96. The van der Waals surface area contributed by atoms with E-state index in [1.54, 1.807) is 0 Å². The molecule has 1 heterocycles. The lowest BCUT2D eigenvalue weighted by molar-refractivity contribution is 0.319. The lowest BCUT2D eigenvalue weighted by Crippen LogP contribution is -2.25. The third-order valence-electron chi connectivity index (χ3n) is 4.96. The van der Waals surface area contributed by atoms with E-state index in [4.69, 9.17) is 0 Å². The van der Waals surface area contributed by atoms with E-state index < -0.39 is 0 Å². The molecule has 4 heteroatoms. The van der Waals surface area contributed by atoms with Crippen LogP contribution in [-0.4, -0.2) is 17.2 Å². The Labute approximate surface area is 136 Å². The first-order valence-corrected chi connectivity index (χ1v) is 8.55. The zero-order chi connectivity index (χ0) is 15.8. The monoisotopic (exact) mass is 304 g/mol. The number of para-hydroxylation sites is 1. The minimum atomic E-state index is 0.0977. The first-order chi connectivity index (χ1) is 11.3. The predicted octanol–water partition coefficient (Wildman–Crippen LogP) is 2.56. The van der Waals surface area contributed by atoms with Crippen LogP contribution in [0.5, 0.6) is 0 Å². The number of fused-ring (bicyclic) bond motifs is 1. The third kappa shape index (κ3) is 2.42. The molecule has 0 atom stereocenters. The van der Waals surface area contributed by atoms with Gasteiger partial charge in [0, 0.05) is 0 Å². The summed E-state index contributed by atoms with van der Waals surface area (Å²) in [5.74, 6) is 0. The van der Waals surface area contributed by atoms with E-state index in [0.717, 1.165) is 34.9 Å². The van der Waals surface area contributed by atoms with Gasteiger partial charge in [-0.2, -0.15) is 0 Å². The number of aromatic nitrogens is 2. The Morgan fingerprint density at radius 2 is 1.70 bits per heavy atom. The van der Waals surface area contributed by atoms with Gasteiger partial charge in [0.05, 0.1) is 22.6 Å². The molecule has 3 nitrogen and oxygen atoms in total. The maximum atomic E-state index is 13.1. The Morgan fingerprint density at radius 1 is 0.957 bits per heavy atom. The van der Waals surface area contributed by atoms with Crippen molar-refractivity contribution in [3.05, 3.63) is 58.9 Å². The Bertz CT molecular complexity index is 889. The number of rotatable bonds is 2. The molecule has 0 N–H and O–H groups in total. The van der Waals surface area contributed by atoms with Gasteiger partial charge in [0.25, 0.3) is 5.56 Å². The number of nitrogens with zero attached hydrogens (tertiary/aromatic N) is 2. The van der Waals surface area contributed by atoms with Gasteiger partial charge < -0.3 is 0 Å². The molecule has 0 unspecified atom stereocenters. The summed E-state index contributed by atoms with van der Waals surface area (Å²) < 4.78 is 4.14. The molecule has 0 aliphatic heterocycles. The van der Waals surface area contributed by atoms with Gasteiger partial charge in [0.1, 0.15) is 7.85 Å². The van der Waals surface area contributed by atoms with Crippen LogP contribution in [0.25, 0.3) is 16.6 Å². The second-order valence-electron chi connectivity index (χ2n) is 6.61. The fourth-order valence-corrected chi connectivity index (χ4v) is 3.84. The number of hydrogen-bond acceptors (Lipinski definition) is 1. The predicted molar refractivity (Wildman–Crippen MR) is 97.8 cm³/mol. The zero-order valence-electron chi connectivity index (χ0n) is 13.5. The number of hydrogen-bond donors (Lipinski definition) is 0. The summed E-state index contributed by atoms with van der Waals surface area (Å²) in [6.07, 6.45) is 6.12. The Balaban J connectivity index is 2.03. The normalized spacial score (nSPS) is 16.0. The molecule has 0 saturated heterocycles. The second-order valence-corrected chi connectivity index (χ2v) is 6.61. The fraction of sp³-hybridized carbons (Fsp3) is 0.316. The molecular formula is C19H21BN2O. The molecule has 1 aliphatic rings. The smallest absolute Gasteiger partial charge is 0.274 e. The number of benzene rings is 2. The Morgan fingerprint density at radius 3 is 2.43 bits per heavy atom. The Hall–Kier alpha value is -2.23. The van der Waals surface area contributed by atoms with Crippen molar-refractivity contribution in [2.24, 2.45) is 0 Å². The van der Waals surface area contributed by atoms with Crippen molar-refractivity contribution in [3.63, 3.8) is 0 Å². The van der Waals surface area contributed by atoms with Gasteiger partial charge in [-0.1, -0.05) is 55.1 Å². The average Bonchev–Trinajstić information content (AvgIpc) is 2.89. The molecule has 0 radical (unpaired) electrons. The van der Waals surface area contributed by atoms with Gasteiger partial charge in [-0.3, -0.25) is 9.48 Å². The topological polar surface area (TPSA) is 26.9 Å². The standard InChI is InChI=1S/C19H21BN2O/c20-14-11-12-18-17(13-14)19(23)22(16-9-5-2-6-10-16)21(18)15-7-3-1-4-8-15/h2,5-6,9-13,15H,1,3-4,7-8,20H2. The fourth-order valence-electron chi connectivity index (χ4n) is 3.84. The van der Waals surface area contributed by atoms with Crippen molar-refractivity contribution < 1.29 is 0 Å². The summed E-state index contributed by atoms with van der Waals surface area (Å²) in [5, 5.41) is 0.833. The first kappa shape index (κ1) is 14.4. The molecule has 1 aliphatic carbocycles. The van der Waals surface area contributed by atoms with E-state index in [1.807, 2.05) is 48.9 Å². The van der Waals surface area contributed by atoms with Gasteiger partial charge in [0.2, 0.25) is 0 Å². The second kappa shape index (κ2) is 5.76. The first-order valence-electron chi connectivity index (χ1n) is 8.55. The van der Waals surface area contributed by atoms with Crippen LogP contribution in [0, 0.1) is 0 Å². The summed E-state index contributed by atoms with van der Waals surface area (Å²) >= 11 is 0. The largest absolute Gasteiger partial charge is 0.279 e. The summed E-state index contributed by atoms with van der Waals surface area (Å²) in [7, 11) is 2.05. The summed E-state index contributed by atoms with van der Waals surface area (Å²) in [4.78, 5) is 13.1. The Kier molecular flexibility index (Phi) is 3.60. The molecule has 3 aromatic rings. The lowest BCUT2D eigenvalue weighted by atomic mass is 9.94. The van der Waals surface area contributed by atoms with E-state index in [-0.39, 0.29) is 5.56 Å². The van der Waals surface area contributed by atoms with Crippen molar-refractivity contribution in [1.82, 2.24) is 9.36 Å². The van der Waals surface area contributed by atoms with E-state index >= 15 is 0 Å². The average molecular weight is 304 g/mol. The van der Waals surface area contributed by atoms with E-state index in [1.165, 1.54) is 19.3 Å². The molecule has 1 saturated carbocycles. The molecule has 23 heavy (non-hydrogen) atoms. The highest BCUT2D eigenvalue weighted by atomic mass is 16.1. The van der Waals surface area contributed by atoms with Crippen molar-refractivity contribution in [2.75, 3.05) is 0 Å². The van der Waals surface area contributed by atoms with Gasteiger partial charge >= 0.3 is 0 Å².